The first kappa shape index (κ1) is 24.0. The van der Waals surface area contributed by atoms with Crippen molar-refractivity contribution in [3.05, 3.63) is 28.6 Å². The lowest BCUT2D eigenvalue weighted by Gasteiger charge is -2.19. The first-order valence-electron chi connectivity index (χ1n) is 9.57. The standard InChI is InChI=1S/C21H30N4O4/c1-12(2)7-8-25-14(5)9-16(15(25)6)10-17(11-22)20(27)29-18(13(3)4)19(26)24-21(23)28/h9-10,12-13,18H,7-8H2,1-6H3,(H3,23,24,26,28)/b17-10+. The molecule has 8 heteroatoms. The molecule has 29 heavy (non-hydrogen) atoms. The van der Waals surface area contributed by atoms with Crippen molar-refractivity contribution in [2.75, 3.05) is 0 Å². The number of esters is 1. The van der Waals surface area contributed by atoms with Crippen LogP contribution in [0.4, 0.5) is 4.79 Å². The van der Waals surface area contributed by atoms with Crippen molar-refractivity contribution in [2.24, 2.45) is 17.6 Å². The number of aryl methyl sites for hydroxylation is 1. The molecule has 0 spiro atoms. The molecule has 0 aliphatic heterocycles. The van der Waals surface area contributed by atoms with Crippen LogP contribution in [0.1, 0.15) is 51.1 Å². The van der Waals surface area contributed by atoms with Crippen LogP contribution in [-0.4, -0.2) is 28.6 Å². The molecule has 0 fully saturated rings. The SMILES string of the molecule is Cc1cc(/C=C(\C#N)C(=O)OC(C(=O)NC(N)=O)C(C)C)c(C)n1CCC(C)C. The van der Waals surface area contributed by atoms with E-state index in [9.17, 15) is 19.6 Å². The van der Waals surface area contributed by atoms with Gasteiger partial charge < -0.3 is 15.0 Å². The predicted octanol–water partition coefficient (Wildman–Crippen LogP) is 2.82. The van der Waals surface area contributed by atoms with E-state index >= 15 is 0 Å². The van der Waals surface area contributed by atoms with Gasteiger partial charge in [-0.25, -0.2) is 9.59 Å². The molecule has 8 nitrogen and oxygen atoms in total. The summed E-state index contributed by atoms with van der Waals surface area (Å²) in [5.41, 5.74) is 7.43. The summed E-state index contributed by atoms with van der Waals surface area (Å²) in [6, 6.07) is 2.70. The quantitative estimate of drug-likeness (QED) is 0.393. The minimum atomic E-state index is -1.25. The van der Waals surface area contributed by atoms with Crippen LogP contribution in [0.15, 0.2) is 11.6 Å². The number of primary amides is 1. The maximum Gasteiger partial charge on any atom is 0.349 e. The number of carbonyl (C=O) groups excluding carboxylic acids is 3. The van der Waals surface area contributed by atoms with Gasteiger partial charge in [-0.3, -0.25) is 10.1 Å². The smallest absolute Gasteiger partial charge is 0.349 e. The van der Waals surface area contributed by atoms with Gasteiger partial charge in [-0.05, 0) is 49.8 Å². The van der Waals surface area contributed by atoms with Gasteiger partial charge in [-0.15, -0.1) is 0 Å². The normalized spacial score (nSPS) is 12.6. The number of hydrogen-bond donors (Lipinski definition) is 2. The summed E-state index contributed by atoms with van der Waals surface area (Å²) in [5, 5.41) is 11.3. The molecule has 3 N–H and O–H groups in total. The van der Waals surface area contributed by atoms with E-state index in [1.54, 1.807) is 13.8 Å². The Balaban J connectivity index is 3.10. The van der Waals surface area contributed by atoms with E-state index in [1.807, 2.05) is 31.3 Å². The van der Waals surface area contributed by atoms with Gasteiger partial charge in [0.2, 0.25) is 0 Å². The lowest BCUT2D eigenvalue weighted by molar-refractivity contribution is -0.154. The summed E-state index contributed by atoms with van der Waals surface area (Å²) < 4.78 is 7.34. The summed E-state index contributed by atoms with van der Waals surface area (Å²) in [6.45, 7) is 12.3. The van der Waals surface area contributed by atoms with E-state index in [2.05, 4.69) is 18.4 Å². The Bertz CT molecular complexity index is 844. The summed E-state index contributed by atoms with van der Waals surface area (Å²) in [7, 11) is 0. The second kappa shape index (κ2) is 10.5. The van der Waals surface area contributed by atoms with E-state index in [0.29, 0.717) is 5.92 Å². The highest BCUT2D eigenvalue weighted by molar-refractivity contribution is 6.01. The molecule has 1 atom stereocenters. The molecule has 1 aromatic heterocycles. The predicted molar refractivity (Wildman–Crippen MR) is 109 cm³/mol. The monoisotopic (exact) mass is 402 g/mol. The zero-order valence-electron chi connectivity index (χ0n) is 17.9. The summed E-state index contributed by atoms with van der Waals surface area (Å²) in [4.78, 5) is 35.4. The van der Waals surface area contributed by atoms with Crippen molar-refractivity contribution < 1.29 is 19.1 Å². The molecule has 0 saturated carbocycles. The number of aromatic nitrogens is 1. The molecule has 0 bridgehead atoms. The number of amides is 3. The van der Waals surface area contributed by atoms with Crippen molar-refractivity contribution in [1.29, 1.82) is 5.26 Å². The Morgan fingerprint density at radius 3 is 2.38 bits per heavy atom. The van der Waals surface area contributed by atoms with Crippen LogP contribution in [0.3, 0.4) is 0 Å². The number of urea groups is 1. The van der Waals surface area contributed by atoms with Crippen LogP contribution in [-0.2, 0) is 20.9 Å². The molecule has 1 rings (SSSR count). The lowest BCUT2D eigenvalue weighted by atomic mass is 10.1. The first-order chi connectivity index (χ1) is 13.5. The average molecular weight is 402 g/mol. The zero-order chi connectivity index (χ0) is 22.3. The van der Waals surface area contributed by atoms with E-state index in [0.717, 1.165) is 29.9 Å². The summed E-state index contributed by atoms with van der Waals surface area (Å²) >= 11 is 0. The van der Waals surface area contributed by atoms with Gasteiger partial charge >= 0.3 is 12.0 Å². The Morgan fingerprint density at radius 1 is 1.28 bits per heavy atom. The number of nitriles is 1. The maximum absolute atomic E-state index is 12.5. The van der Waals surface area contributed by atoms with Gasteiger partial charge in [0.25, 0.3) is 5.91 Å². The number of carbonyl (C=O) groups is 3. The highest BCUT2D eigenvalue weighted by Crippen LogP contribution is 2.20. The zero-order valence-corrected chi connectivity index (χ0v) is 17.9. The number of ether oxygens (including phenoxy) is 1. The van der Waals surface area contributed by atoms with E-state index < -0.39 is 29.9 Å². The van der Waals surface area contributed by atoms with Gasteiger partial charge in [0.15, 0.2) is 6.10 Å². The highest BCUT2D eigenvalue weighted by Gasteiger charge is 2.29. The minimum Gasteiger partial charge on any atom is -0.448 e. The Morgan fingerprint density at radius 2 is 1.90 bits per heavy atom. The van der Waals surface area contributed by atoms with Crippen LogP contribution in [0, 0.1) is 37.0 Å². The molecule has 1 aromatic rings. The fraction of sp³-hybridized carbons (Fsp3) is 0.524. The van der Waals surface area contributed by atoms with Crippen molar-refractivity contribution in [2.45, 2.75) is 60.6 Å². The third kappa shape index (κ3) is 6.79. The number of hydrogen-bond acceptors (Lipinski definition) is 5. The van der Waals surface area contributed by atoms with E-state index in [4.69, 9.17) is 10.5 Å². The average Bonchev–Trinajstić information content (AvgIpc) is 2.87. The topological polar surface area (TPSA) is 127 Å². The fourth-order valence-electron chi connectivity index (χ4n) is 2.86. The molecule has 1 unspecified atom stereocenters. The first-order valence-corrected chi connectivity index (χ1v) is 9.57. The van der Waals surface area contributed by atoms with Crippen molar-refractivity contribution >= 4 is 24.0 Å². The molecule has 0 aliphatic carbocycles. The molecule has 3 amide bonds. The van der Waals surface area contributed by atoms with E-state index in [-0.39, 0.29) is 5.57 Å². The fourth-order valence-corrected chi connectivity index (χ4v) is 2.86. The van der Waals surface area contributed by atoms with Crippen molar-refractivity contribution in [1.82, 2.24) is 9.88 Å². The second-order valence-corrected chi connectivity index (χ2v) is 7.75. The minimum absolute atomic E-state index is 0.230. The van der Waals surface area contributed by atoms with Gasteiger partial charge in [0.1, 0.15) is 11.6 Å². The van der Waals surface area contributed by atoms with Gasteiger partial charge in [-0.1, -0.05) is 27.7 Å². The van der Waals surface area contributed by atoms with E-state index in [1.165, 1.54) is 6.08 Å². The summed E-state index contributed by atoms with van der Waals surface area (Å²) in [5.74, 6) is -1.62. The van der Waals surface area contributed by atoms with Crippen LogP contribution in [0.5, 0.6) is 0 Å². The van der Waals surface area contributed by atoms with Crippen LogP contribution in [0.25, 0.3) is 6.08 Å². The molecule has 0 aliphatic rings. The third-order valence-electron chi connectivity index (χ3n) is 4.53. The van der Waals surface area contributed by atoms with Crippen molar-refractivity contribution in [3.8, 4) is 6.07 Å². The number of rotatable bonds is 8. The molecule has 0 saturated heterocycles. The van der Waals surface area contributed by atoms with Gasteiger partial charge in [-0.2, -0.15) is 5.26 Å². The van der Waals surface area contributed by atoms with Crippen LogP contribution >= 0.6 is 0 Å². The number of imide groups is 1. The van der Waals surface area contributed by atoms with Crippen LogP contribution in [0.2, 0.25) is 0 Å². The molecule has 0 aromatic carbocycles. The number of nitrogens with zero attached hydrogens (tertiary/aromatic N) is 2. The van der Waals surface area contributed by atoms with Crippen molar-refractivity contribution in [3.63, 3.8) is 0 Å². The number of nitrogens with two attached hydrogens (primary N) is 1. The molecule has 158 valence electrons. The highest BCUT2D eigenvalue weighted by atomic mass is 16.5. The van der Waals surface area contributed by atoms with Gasteiger partial charge in [0.05, 0.1) is 0 Å². The largest absolute Gasteiger partial charge is 0.448 e. The summed E-state index contributed by atoms with van der Waals surface area (Å²) in [6.07, 6.45) is 1.22. The number of nitrogens with one attached hydrogen (secondary N) is 1. The second-order valence-electron chi connectivity index (χ2n) is 7.75. The van der Waals surface area contributed by atoms with Crippen LogP contribution < -0.4 is 11.1 Å². The Hall–Kier alpha value is -3.08. The Kier molecular flexibility index (Phi) is 8.64. The van der Waals surface area contributed by atoms with Gasteiger partial charge in [0, 0.05) is 17.9 Å². The lowest BCUT2D eigenvalue weighted by Crippen LogP contribution is -2.45. The maximum atomic E-state index is 12.5. The molecule has 0 radical (unpaired) electrons. The Labute approximate surface area is 171 Å². The molecule has 1 heterocycles. The molecular weight excluding hydrogens is 372 g/mol. The third-order valence-corrected chi connectivity index (χ3v) is 4.53. The molecular formula is C21H30N4O4.